The number of fused-ring (bicyclic) bond motifs is 1. The highest BCUT2D eigenvalue weighted by Crippen LogP contribution is 2.40. The second-order valence-electron chi connectivity index (χ2n) is 11.1. The Hall–Kier alpha value is -2.73. The molecule has 0 saturated carbocycles. The molecule has 2 aliphatic heterocycles. The molecule has 0 spiro atoms. The van der Waals surface area contributed by atoms with Gasteiger partial charge in [0, 0.05) is 40.5 Å². The molecule has 0 N–H and O–H groups in total. The molecule has 2 aromatic carbocycles. The van der Waals surface area contributed by atoms with Crippen molar-refractivity contribution < 1.29 is 4.74 Å². The van der Waals surface area contributed by atoms with Crippen molar-refractivity contribution in [3.63, 3.8) is 0 Å². The highest BCUT2D eigenvalue weighted by molar-refractivity contribution is 7.22. The summed E-state index contributed by atoms with van der Waals surface area (Å²) in [7, 11) is 0. The zero-order valence-electron chi connectivity index (χ0n) is 22.8. The van der Waals surface area contributed by atoms with Gasteiger partial charge in [0.25, 0.3) is 0 Å². The van der Waals surface area contributed by atoms with Crippen LogP contribution in [0.1, 0.15) is 53.5 Å². The largest absolute Gasteiger partial charge is 0.476 e. The highest BCUT2D eigenvalue weighted by Gasteiger charge is 2.17. The molecule has 2 aliphatic rings. The van der Waals surface area contributed by atoms with E-state index in [-0.39, 0.29) is 0 Å². The monoisotopic (exact) mass is 525 g/mol. The van der Waals surface area contributed by atoms with Crippen LogP contribution in [0.5, 0.6) is 5.88 Å². The molecule has 0 atom stereocenters. The van der Waals surface area contributed by atoms with Crippen molar-refractivity contribution in [3.05, 3.63) is 82.5 Å². The molecule has 0 aliphatic carbocycles. The minimum absolute atomic E-state index is 0.701. The van der Waals surface area contributed by atoms with Gasteiger partial charge in [0.05, 0.1) is 0 Å². The van der Waals surface area contributed by atoms with Gasteiger partial charge in [0.1, 0.15) is 6.61 Å². The maximum atomic E-state index is 5.98. The Kier molecular flexibility index (Phi) is 7.77. The fourth-order valence-corrected chi connectivity index (χ4v) is 7.29. The molecule has 38 heavy (non-hydrogen) atoms. The van der Waals surface area contributed by atoms with E-state index in [4.69, 9.17) is 9.72 Å². The predicted octanol–water partition coefficient (Wildman–Crippen LogP) is 7.24. The zero-order chi connectivity index (χ0) is 25.9. The van der Waals surface area contributed by atoms with Crippen molar-refractivity contribution in [1.82, 2.24) is 14.8 Å². The third-order valence-electron chi connectivity index (χ3n) is 8.18. The van der Waals surface area contributed by atoms with Gasteiger partial charge in [-0.25, -0.2) is 4.98 Å². The van der Waals surface area contributed by atoms with E-state index < -0.39 is 0 Å². The van der Waals surface area contributed by atoms with E-state index in [1.807, 2.05) is 23.6 Å². The first kappa shape index (κ1) is 25.5. The molecule has 4 heterocycles. The van der Waals surface area contributed by atoms with Crippen LogP contribution in [0.25, 0.3) is 20.5 Å². The van der Waals surface area contributed by atoms with Crippen LogP contribution in [0.4, 0.5) is 0 Å². The number of rotatable bonds is 9. The smallest absolute Gasteiger partial charge is 0.213 e. The lowest BCUT2D eigenvalue weighted by atomic mass is 9.96. The van der Waals surface area contributed by atoms with Crippen LogP contribution in [0.15, 0.2) is 54.7 Å². The van der Waals surface area contributed by atoms with E-state index in [0.717, 1.165) is 25.4 Å². The second kappa shape index (κ2) is 11.6. The summed E-state index contributed by atoms with van der Waals surface area (Å²) in [5.74, 6) is 0.718. The standard InChI is InChI=1S/C33H39N3OS/c1-24-7-11-29-30(21-26-8-9-28(25(2)20-26)23-36-15-5-6-16-36)33(38-31(29)19-24)27-10-12-32(34-22-27)37-18-17-35-13-3-4-14-35/h7-12,19-20,22H,3-6,13-18,21,23H2,1-2H3. The van der Waals surface area contributed by atoms with Crippen LogP contribution in [0.2, 0.25) is 0 Å². The van der Waals surface area contributed by atoms with E-state index in [1.165, 1.54) is 100 Å². The summed E-state index contributed by atoms with van der Waals surface area (Å²) in [5, 5.41) is 1.36. The lowest BCUT2D eigenvalue weighted by Gasteiger charge is -2.17. The maximum Gasteiger partial charge on any atom is 0.213 e. The van der Waals surface area contributed by atoms with E-state index in [1.54, 1.807) is 0 Å². The van der Waals surface area contributed by atoms with Gasteiger partial charge in [-0.05, 0) is 117 Å². The number of aryl methyl sites for hydroxylation is 2. The van der Waals surface area contributed by atoms with Crippen molar-refractivity contribution in [3.8, 4) is 16.3 Å². The minimum atomic E-state index is 0.701. The summed E-state index contributed by atoms with van der Waals surface area (Å²) >= 11 is 1.89. The molecule has 198 valence electrons. The van der Waals surface area contributed by atoms with Crippen LogP contribution in [-0.4, -0.2) is 54.1 Å². The van der Waals surface area contributed by atoms with Gasteiger partial charge < -0.3 is 4.74 Å². The number of pyridine rings is 1. The Morgan fingerprint density at radius 3 is 2.39 bits per heavy atom. The quantitative estimate of drug-likeness (QED) is 0.230. The summed E-state index contributed by atoms with van der Waals surface area (Å²) in [6.45, 7) is 12.1. The first-order valence-corrected chi connectivity index (χ1v) is 15.1. The van der Waals surface area contributed by atoms with E-state index in [0.29, 0.717) is 6.61 Å². The number of ether oxygens (including phenoxy) is 1. The molecule has 2 saturated heterocycles. The van der Waals surface area contributed by atoms with Gasteiger partial charge in [-0.3, -0.25) is 9.80 Å². The number of likely N-dealkylation sites (tertiary alicyclic amines) is 2. The minimum Gasteiger partial charge on any atom is -0.476 e. The Morgan fingerprint density at radius 1 is 0.868 bits per heavy atom. The third kappa shape index (κ3) is 5.80. The average molecular weight is 526 g/mol. The first-order valence-electron chi connectivity index (χ1n) is 14.3. The van der Waals surface area contributed by atoms with Crippen molar-refractivity contribution in [1.29, 1.82) is 0 Å². The van der Waals surface area contributed by atoms with Crippen molar-refractivity contribution in [2.24, 2.45) is 0 Å². The highest BCUT2D eigenvalue weighted by atomic mass is 32.1. The molecule has 2 fully saturated rings. The number of nitrogens with zero attached hydrogens (tertiary/aromatic N) is 3. The predicted molar refractivity (Wildman–Crippen MR) is 159 cm³/mol. The molecular formula is C33H39N3OS. The molecular weight excluding hydrogens is 486 g/mol. The number of benzene rings is 2. The van der Waals surface area contributed by atoms with Crippen molar-refractivity contribution in [2.75, 3.05) is 39.3 Å². The van der Waals surface area contributed by atoms with Crippen LogP contribution in [-0.2, 0) is 13.0 Å². The van der Waals surface area contributed by atoms with Gasteiger partial charge in [-0.2, -0.15) is 0 Å². The van der Waals surface area contributed by atoms with Gasteiger partial charge in [0.15, 0.2) is 0 Å². The van der Waals surface area contributed by atoms with Crippen LogP contribution in [0, 0.1) is 13.8 Å². The number of hydrogen-bond acceptors (Lipinski definition) is 5. The topological polar surface area (TPSA) is 28.6 Å². The average Bonchev–Trinajstić information content (AvgIpc) is 3.69. The lowest BCUT2D eigenvalue weighted by Crippen LogP contribution is -2.25. The Morgan fingerprint density at radius 2 is 1.66 bits per heavy atom. The molecule has 0 radical (unpaired) electrons. The normalized spacial score (nSPS) is 16.6. The molecule has 4 aromatic rings. The van der Waals surface area contributed by atoms with E-state index in [2.05, 4.69) is 66.1 Å². The lowest BCUT2D eigenvalue weighted by molar-refractivity contribution is 0.232. The number of thiophene rings is 1. The Labute approximate surface area is 231 Å². The summed E-state index contributed by atoms with van der Waals surface area (Å²) in [6, 6.07) is 18.2. The molecule has 2 aromatic heterocycles. The summed E-state index contributed by atoms with van der Waals surface area (Å²) in [4.78, 5) is 11.1. The Bertz CT molecular complexity index is 1380. The summed E-state index contributed by atoms with van der Waals surface area (Å²) in [5.41, 5.74) is 8.13. The second-order valence-corrected chi connectivity index (χ2v) is 12.2. The Balaban J connectivity index is 1.23. The SMILES string of the molecule is Cc1ccc2c(Cc3ccc(CN4CCCC4)c(C)c3)c(-c3ccc(OCCN4CCCC4)nc3)sc2c1. The summed E-state index contributed by atoms with van der Waals surface area (Å²) < 4.78 is 7.33. The molecule has 0 amide bonds. The van der Waals surface area contributed by atoms with E-state index in [9.17, 15) is 0 Å². The van der Waals surface area contributed by atoms with Crippen LogP contribution >= 0.6 is 11.3 Å². The van der Waals surface area contributed by atoms with Crippen molar-refractivity contribution in [2.45, 2.75) is 52.5 Å². The van der Waals surface area contributed by atoms with Gasteiger partial charge in [0.2, 0.25) is 5.88 Å². The van der Waals surface area contributed by atoms with Gasteiger partial charge in [-0.1, -0.05) is 30.3 Å². The molecule has 6 rings (SSSR count). The third-order valence-corrected chi connectivity index (χ3v) is 9.43. The first-order chi connectivity index (χ1) is 18.6. The molecule has 0 bridgehead atoms. The van der Waals surface area contributed by atoms with Gasteiger partial charge in [-0.15, -0.1) is 11.3 Å². The van der Waals surface area contributed by atoms with Gasteiger partial charge >= 0.3 is 0 Å². The zero-order valence-corrected chi connectivity index (χ0v) is 23.7. The molecule has 0 unspecified atom stereocenters. The fourth-order valence-electron chi connectivity index (χ4n) is 5.98. The van der Waals surface area contributed by atoms with E-state index >= 15 is 0 Å². The van der Waals surface area contributed by atoms with Crippen LogP contribution in [0.3, 0.4) is 0 Å². The number of hydrogen-bond donors (Lipinski definition) is 0. The summed E-state index contributed by atoms with van der Waals surface area (Å²) in [6.07, 6.45) is 8.23. The molecule has 5 heteroatoms. The number of aromatic nitrogens is 1. The molecule has 4 nitrogen and oxygen atoms in total. The van der Waals surface area contributed by atoms with Crippen molar-refractivity contribution >= 4 is 21.4 Å². The maximum absolute atomic E-state index is 5.98. The fraction of sp³-hybridized carbons (Fsp3) is 0.424. The van der Waals surface area contributed by atoms with Crippen LogP contribution < -0.4 is 4.74 Å².